The first kappa shape index (κ1) is 15.1. The molecule has 0 bridgehead atoms. The van der Waals surface area contributed by atoms with Crippen LogP contribution in [0.5, 0.6) is 0 Å². The zero-order valence-corrected chi connectivity index (χ0v) is 13.5. The van der Waals surface area contributed by atoms with E-state index in [-0.39, 0.29) is 11.9 Å². The molecule has 2 saturated heterocycles. The number of anilines is 1. The molecule has 0 aliphatic carbocycles. The standard InChI is InChI=1S/C18H19FN4O/c1-12(24)23-10-14-9-22(18-20-7-15(19)8-21-18)11-16(14)17(23)13-5-3-2-4-6-13/h2-8,14,16-17H,9-11H2,1H3/t14-,16-,17-/m1/s1. The summed E-state index contributed by atoms with van der Waals surface area (Å²) < 4.78 is 13.0. The number of carbonyl (C=O) groups excluding carboxylic acids is 1. The maximum absolute atomic E-state index is 13.0. The fraction of sp³-hybridized carbons (Fsp3) is 0.389. The van der Waals surface area contributed by atoms with Gasteiger partial charge in [0.2, 0.25) is 11.9 Å². The van der Waals surface area contributed by atoms with Gasteiger partial charge in [-0.15, -0.1) is 0 Å². The van der Waals surface area contributed by atoms with E-state index in [9.17, 15) is 9.18 Å². The average Bonchev–Trinajstić information content (AvgIpc) is 3.14. The van der Waals surface area contributed by atoms with Crippen LogP contribution in [0.1, 0.15) is 18.5 Å². The van der Waals surface area contributed by atoms with Gasteiger partial charge >= 0.3 is 0 Å². The molecule has 0 radical (unpaired) electrons. The summed E-state index contributed by atoms with van der Waals surface area (Å²) in [4.78, 5) is 24.4. The predicted octanol–water partition coefficient (Wildman–Crippen LogP) is 2.27. The Kier molecular flexibility index (Phi) is 3.67. The molecule has 0 saturated carbocycles. The number of hydrogen-bond acceptors (Lipinski definition) is 4. The second kappa shape index (κ2) is 5.85. The molecule has 4 rings (SSSR count). The molecule has 0 spiro atoms. The van der Waals surface area contributed by atoms with Crippen LogP contribution < -0.4 is 4.90 Å². The number of nitrogens with zero attached hydrogens (tertiary/aromatic N) is 4. The number of fused-ring (bicyclic) bond motifs is 1. The molecule has 2 aliphatic heterocycles. The van der Waals surface area contributed by atoms with E-state index in [1.807, 2.05) is 23.1 Å². The summed E-state index contributed by atoms with van der Waals surface area (Å²) in [6.07, 6.45) is 2.40. The molecule has 2 aliphatic rings. The van der Waals surface area contributed by atoms with Crippen LogP contribution in [-0.4, -0.2) is 40.4 Å². The van der Waals surface area contributed by atoms with Gasteiger partial charge in [0.25, 0.3) is 0 Å². The van der Waals surface area contributed by atoms with Gasteiger partial charge in [-0.25, -0.2) is 14.4 Å². The molecule has 24 heavy (non-hydrogen) atoms. The van der Waals surface area contributed by atoms with Crippen LogP contribution in [0, 0.1) is 17.7 Å². The smallest absolute Gasteiger partial charge is 0.225 e. The molecule has 6 heteroatoms. The minimum absolute atomic E-state index is 0.0825. The van der Waals surface area contributed by atoms with Gasteiger partial charge in [0.05, 0.1) is 18.4 Å². The Hall–Kier alpha value is -2.50. The third kappa shape index (κ3) is 2.52. The Balaban J connectivity index is 1.61. The summed E-state index contributed by atoms with van der Waals surface area (Å²) >= 11 is 0. The fourth-order valence-corrected chi connectivity index (χ4v) is 4.08. The van der Waals surface area contributed by atoms with Crippen molar-refractivity contribution in [2.45, 2.75) is 13.0 Å². The molecule has 1 aromatic carbocycles. The predicted molar refractivity (Wildman–Crippen MR) is 87.8 cm³/mol. The zero-order valence-electron chi connectivity index (χ0n) is 13.5. The van der Waals surface area contributed by atoms with Crippen molar-refractivity contribution in [1.82, 2.24) is 14.9 Å². The van der Waals surface area contributed by atoms with E-state index in [4.69, 9.17) is 0 Å². The van der Waals surface area contributed by atoms with Crippen molar-refractivity contribution in [3.8, 4) is 0 Å². The van der Waals surface area contributed by atoms with Gasteiger partial charge in [0.1, 0.15) is 0 Å². The number of halogens is 1. The highest BCUT2D eigenvalue weighted by molar-refractivity contribution is 5.74. The molecule has 5 nitrogen and oxygen atoms in total. The van der Waals surface area contributed by atoms with Crippen molar-refractivity contribution >= 4 is 11.9 Å². The van der Waals surface area contributed by atoms with Gasteiger partial charge in [0, 0.05) is 38.4 Å². The Labute approximate surface area is 140 Å². The Morgan fingerprint density at radius 2 is 1.83 bits per heavy atom. The third-order valence-electron chi connectivity index (χ3n) is 5.10. The SMILES string of the molecule is CC(=O)N1C[C@H]2CN(c3ncc(F)cn3)C[C@H]2[C@H]1c1ccccc1. The van der Waals surface area contributed by atoms with E-state index in [0.717, 1.165) is 19.6 Å². The number of benzene rings is 1. The number of carbonyl (C=O) groups is 1. The van der Waals surface area contributed by atoms with Gasteiger partial charge in [0.15, 0.2) is 5.82 Å². The Bertz CT molecular complexity index is 736. The van der Waals surface area contributed by atoms with Gasteiger partial charge in [-0.05, 0) is 5.56 Å². The van der Waals surface area contributed by atoms with Crippen LogP contribution >= 0.6 is 0 Å². The first-order valence-electron chi connectivity index (χ1n) is 8.18. The van der Waals surface area contributed by atoms with Crippen LogP contribution in [-0.2, 0) is 4.79 Å². The van der Waals surface area contributed by atoms with Crippen molar-refractivity contribution in [3.63, 3.8) is 0 Å². The highest BCUT2D eigenvalue weighted by Crippen LogP contribution is 2.45. The molecular formula is C18H19FN4O. The summed E-state index contributed by atoms with van der Waals surface area (Å²) in [5.74, 6) is 0.968. The summed E-state index contributed by atoms with van der Waals surface area (Å²) in [7, 11) is 0. The zero-order chi connectivity index (χ0) is 16.7. The second-order valence-electron chi connectivity index (χ2n) is 6.56. The minimum Gasteiger partial charge on any atom is -0.340 e. The maximum Gasteiger partial charge on any atom is 0.225 e. The molecule has 0 unspecified atom stereocenters. The molecule has 2 aromatic rings. The van der Waals surface area contributed by atoms with Crippen molar-refractivity contribution < 1.29 is 9.18 Å². The number of hydrogen-bond donors (Lipinski definition) is 0. The summed E-state index contributed by atoms with van der Waals surface area (Å²) in [6.45, 7) is 3.96. The number of likely N-dealkylation sites (tertiary alicyclic amines) is 1. The molecule has 3 heterocycles. The first-order valence-corrected chi connectivity index (χ1v) is 8.18. The number of amides is 1. The lowest BCUT2D eigenvalue weighted by Gasteiger charge is -2.29. The van der Waals surface area contributed by atoms with E-state index >= 15 is 0 Å². The van der Waals surface area contributed by atoms with Crippen LogP contribution in [0.2, 0.25) is 0 Å². The van der Waals surface area contributed by atoms with Gasteiger partial charge < -0.3 is 9.80 Å². The largest absolute Gasteiger partial charge is 0.340 e. The molecule has 1 aromatic heterocycles. The lowest BCUT2D eigenvalue weighted by molar-refractivity contribution is -0.130. The molecule has 2 fully saturated rings. The van der Waals surface area contributed by atoms with Crippen LogP contribution in [0.25, 0.3) is 0 Å². The van der Waals surface area contributed by atoms with Crippen LogP contribution in [0.4, 0.5) is 10.3 Å². The highest BCUT2D eigenvalue weighted by Gasteiger charge is 2.48. The fourth-order valence-electron chi connectivity index (χ4n) is 4.08. The lowest BCUT2D eigenvalue weighted by Crippen LogP contribution is -2.34. The van der Waals surface area contributed by atoms with E-state index < -0.39 is 5.82 Å². The molecular weight excluding hydrogens is 307 g/mol. The summed E-state index contributed by atoms with van der Waals surface area (Å²) in [5, 5.41) is 0. The molecule has 1 amide bonds. The topological polar surface area (TPSA) is 49.3 Å². The minimum atomic E-state index is -0.428. The summed E-state index contributed by atoms with van der Waals surface area (Å²) in [6, 6.07) is 10.3. The summed E-state index contributed by atoms with van der Waals surface area (Å²) in [5.41, 5.74) is 1.17. The Morgan fingerprint density at radius 1 is 1.12 bits per heavy atom. The number of aromatic nitrogens is 2. The third-order valence-corrected chi connectivity index (χ3v) is 5.10. The first-order chi connectivity index (χ1) is 11.6. The molecule has 3 atom stereocenters. The quantitative estimate of drug-likeness (QED) is 0.849. The van der Waals surface area contributed by atoms with Crippen LogP contribution in [0.3, 0.4) is 0 Å². The normalized spacial score (nSPS) is 25.8. The van der Waals surface area contributed by atoms with Crippen LogP contribution in [0.15, 0.2) is 42.7 Å². The van der Waals surface area contributed by atoms with Gasteiger partial charge in [-0.2, -0.15) is 0 Å². The Morgan fingerprint density at radius 3 is 2.50 bits per heavy atom. The number of rotatable bonds is 2. The van der Waals surface area contributed by atoms with E-state index in [0.29, 0.717) is 17.8 Å². The van der Waals surface area contributed by atoms with E-state index in [1.54, 1.807) is 6.92 Å². The van der Waals surface area contributed by atoms with Crippen molar-refractivity contribution in [1.29, 1.82) is 0 Å². The van der Waals surface area contributed by atoms with E-state index in [1.165, 1.54) is 18.0 Å². The molecule has 0 N–H and O–H groups in total. The molecule has 124 valence electrons. The average molecular weight is 326 g/mol. The monoisotopic (exact) mass is 326 g/mol. The van der Waals surface area contributed by atoms with Crippen molar-refractivity contribution in [3.05, 3.63) is 54.1 Å². The maximum atomic E-state index is 13.0. The highest BCUT2D eigenvalue weighted by atomic mass is 19.1. The van der Waals surface area contributed by atoms with Crippen molar-refractivity contribution in [2.24, 2.45) is 11.8 Å². The van der Waals surface area contributed by atoms with Crippen molar-refractivity contribution in [2.75, 3.05) is 24.5 Å². The van der Waals surface area contributed by atoms with Gasteiger partial charge in [-0.1, -0.05) is 30.3 Å². The van der Waals surface area contributed by atoms with E-state index in [2.05, 4.69) is 27.0 Å². The second-order valence-corrected chi connectivity index (χ2v) is 6.56. The lowest BCUT2D eigenvalue weighted by atomic mass is 9.89. The van der Waals surface area contributed by atoms with Gasteiger partial charge in [-0.3, -0.25) is 4.79 Å².